The molecule has 0 saturated carbocycles. The highest BCUT2D eigenvalue weighted by atomic mass is 79.9. The lowest BCUT2D eigenvalue weighted by molar-refractivity contribution is 0.124. The van der Waals surface area contributed by atoms with Gasteiger partial charge in [-0.25, -0.2) is 0 Å². The van der Waals surface area contributed by atoms with Crippen LogP contribution in [0.4, 0.5) is 5.69 Å². The van der Waals surface area contributed by atoms with E-state index in [2.05, 4.69) is 33.0 Å². The van der Waals surface area contributed by atoms with Crippen LogP contribution in [0.1, 0.15) is 17.2 Å². The molecule has 0 bridgehead atoms. The molecule has 0 heterocycles. The molecule has 2 aromatic rings. The molecule has 1 unspecified atom stereocenters. The average molecular weight is 335 g/mol. The number of hydrogen-bond acceptors (Lipinski definition) is 3. The number of nitrogen functional groups attached to an aromatic ring is 1. The van der Waals surface area contributed by atoms with Crippen molar-refractivity contribution in [3.05, 3.63) is 64.1 Å². The van der Waals surface area contributed by atoms with Gasteiger partial charge in [-0.1, -0.05) is 40.2 Å². The van der Waals surface area contributed by atoms with Crippen molar-refractivity contribution in [1.29, 1.82) is 0 Å². The van der Waals surface area contributed by atoms with E-state index in [-0.39, 0.29) is 0 Å². The molecule has 0 aliphatic heterocycles. The number of nitrogens with two attached hydrogens (primary N) is 1. The molecule has 0 aliphatic rings. The second kappa shape index (κ2) is 6.88. The topological polar surface area (TPSA) is 49.5 Å². The molecule has 0 amide bonds. The summed E-state index contributed by atoms with van der Waals surface area (Å²) < 4.78 is 1.07. The fraction of sp³-hybridized carbons (Fsp3) is 0.250. The number of halogens is 1. The molecular formula is C16H19BrN2O. The summed E-state index contributed by atoms with van der Waals surface area (Å²) in [5.74, 6) is 0. The molecule has 0 aliphatic carbocycles. The number of rotatable bonds is 5. The van der Waals surface area contributed by atoms with Gasteiger partial charge in [0, 0.05) is 23.2 Å². The summed E-state index contributed by atoms with van der Waals surface area (Å²) >= 11 is 3.42. The lowest BCUT2D eigenvalue weighted by Gasteiger charge is -2.21. The van der Waals surface area contributed by atoms with Crippen LogP contribution in [0.5, 0.6) is 0 Å². The second-order valence-electron chi connectivity index (χ2n) is 5.01. The largest absolute Gasteiger partial charge is 0.399 e. The van der Waals surface area contributed by atoms with E-state index in [0.29, 0.717) is 12.2 Å². The lowest BCUT2D eigenvalue weighted by atomic mass is 10.1. The zero-order valence-electron chi connectivity index (χ0n) is 11.5. The zero-order chi connectivity index (χ0) is 14.5. The van der Waals surface area contributed by atoms with Crippen LogP contribution in [0.25, 0.3) is 0 Å². The van der Waals surface area contributed by atoms with Gasteiger partial charge >= 0.3 is 0 Å². The lowest BCUT2D eigenvalue weighted by Crippen LogP contribution is -2.24. The first-order valence-corrected chi connectivity index (χ1v) is 7.30. The Morgan fingerprint density at radius 2 is 1.90 bits per heavy atom. The van der Waals surface area contributed by atoms with Crippen LogP contribution in [0.2, 0.25) is 0 Å². The van der Waals surface area contributed by atoms with E-state index in [1.807, 2.05) is 43.4 Å². The summed E-state index contributed by atoms with van der Waals surface area (Å²) in [6.07, 6.45) is -0.529. The van der Waals surface area contributed by atoms with E-state index in [1.165, 1.54) is 5.56 Å². The van der Waals surface area contributed by atoms with Crippen molar-refractivity contribution in [3.63, 3.8) is 0 Å². The summed E-state index contributed by atoms with van der Waals surface area (Å²) in [5, 5.41) is 10.2. The number of nitrogens with zero attached hydrogens (tertiary/aromatic N) is 1. The van der Waals surface area contributed by atoms with Gasteiger partial charge in [0.1, 0.15) is 0 Å². The van der Waals surface area contributed by atoms with Crippen LogP contribution in [-0.4, -0.2) is 23.6 Å². The number of likely N-dealkylation sites (N-methyl/N-ethyl adjacent to an activating group) is 1. The Kier molecular flexibility index (Phi) is 5.17. The van der Waals surface area contributed by atoms with Crippen molar-refractivity contribution in [2.24, 2.45) is 0 Å². The molecule has 0 aromatic heterocycles. The van der Waals surface area contributed by atoms with Crippen LogP contribution in [0, 0.1) is 0 Å². The Hall–Kier alpha value is -1.36. The molecule has 0 spiro atoms. The van der Waals surface area contributed by atoms with E-state index in [0.717, 1.165) is 16.6 Å². The third kappa shape index (κ3) is 4.34. The quantitative estimate of drug-likeness (QED) is 0.825. The number of benzene rings is 2. The van der Waals surface area contributed by atoms with E-state index in [9.17, 15) is 5.11 Å². The molecule has 3 nitrogen and oxygen atoms in total. The maximum Gasteiger partial charge on any atom is 0.0917 e. The van der Waals surface area contributed by atoms with Gasteiger partial charge in [0.05, 0.1) is 6.10 Å². The second-order valence-corrected chi connectivity index (χ2v) is 5.92. The summed E-state index contributed by atoms with van der Waals surface area (Å²) in [6, 6.07) is 15.6. The van der Waals surface area contributed by atoms with Crippen LogP contribution < -0.4 is 5.73 Å². The minimum absolute atomic E-state index is 0.529. The molecule has 1 atom stereocenters. The SMILES string of the molecule is CN(Cc1ccc(Br)cc1)CC(O)c1cccc(N)c1. The summed E-state index contributed by atoms with van der Waals surface area (Å²) in [4.78, 5) is 2.09. The van der Waals surface area contributed by atoms with Gasteiger partial charge < -0.3 is 10.8 Å². The van der Waals surface area contributed by atoms with Crippen LogP contribution in [0.15, 0.2) is 53.0 Å². The van der Waals surface area contributed by atoms with Crippen molar-refractivity contribution in [2.75, 3.05) is 19.3 Å². The van der Waals surface area contributed by atoms with E-state index in [4.69, 9.17) is 5.73 Å². The Labute approximate surface area is 128 Å². The first kappa shape index (κ1) is 15.0. The summed E-state index contributed by atoms with van der Waals surface area (Å²) in [5.41, 5.74) is 8.49. The Bertz CT molecular complexity index is 557. The van der Waals surface area contributed by atoms with Gasteiger partial charge in [-0.15, -0.1) is 0 Å². The maximum atomic E-state index is 10.2. The van der Waals surface area contributed by atoms with E-state index < -0.39 is 6.10 Å². The van der Waals surface area contributed by atoms with Gasteiger partial charge in [0.2, 0.25) is 0 Å². The Balaban J connectivity index is 1.93. The van der Waals surface area contributed by atoms with Crippen LogP contribution in [0.3, 0.4) is 0 Å². The first-order chi connectivity index (χ1) is 9.54. The highest BCUT2D eigenvalue weighted by molar-refractivity contribution is 9.10. The summed E-state index contributed by atoms with van der Waals surface area (Å²) in [6.45, 7) is 1.37. The van der Waals surface area contributed by atoms with Gasteiger partial charge in [0.25, 0.3) is 0 Å². The molecular weight excluding hydrogens is 316 g/mol. The minimum Gasteiger partial charge on any atom is -0.399 e. The Morgan fingerprint density at radius 1 is 1.20 bits per heavy atom. The zero-order valence-corrected chi connectivity index (χ0v) is 13.0. The predicted octanol–water partition coefficient (Wildman–Crippen LogP) is 3.20. The number of anilines is 1. The third-order valence-electron chi connectivity index (χ3n) is 3.15. The fourth-order valence-corrected chi connectivity index (χ4v) is 2.40. The van der Waals surface area contributed by atoms with Crippen LogP contribution in [-0.2, 0) is 6.54 Å². The minimum atomic E-state index is -0.529. The van der Waals surface area contributed by atoms with Crippen LogP contribution >= 0.6 is 15.9 Å². The molecule has 3 N–H and O–H groups in total. The normalized spacial score (nSPS) is 12.6. The molecule has 0 fully saturated rings. The standard InChI is InChI=1S/C16H19BrN2O/c1-19(10-12-5-7-14(17)8-6-12)11-16(20)13-3-2-4-15(18)9-13/h2-9,16,20H,10-11,18H2,1H3. The van der Waals surface area contributed by atoms with Gasteiger partial charge in [-0.3, -0.25) is 4.90 Å². The Morgan fingerprint density at radius 3 is 2.55 bits per heavy atom. The molecule has 106 valence electrons. The number of aliphatic hydroxyl groups excluding tert-OH is 1. The fourth-order valence-electron chi connectivity index (χ4n) is 2.13. The van der Waals surface area contributed by atoms with Gasteiger partial charge in [-0.05, 0) is 42.4 Å². The van der Waals surface area contributed by atoms with Crippen molar-refractivity contribution >= 4 is 21.6 Å². The smallest absolute Gasteiger partial charge is 0.0917 e. The monoisotopic (exact) mass is 334 g/mol. The van der Waals surface area contributed by atoms with E-state index >= 15 is 0 Å². The van der Waals surface area contributed by atoms with E-state index in [1.54, 1.807) is 0 Å². The number of hydrogen-bond donors (Lipinski definition) is 2. The molecule has 20 heavy (non-hydrogen) atoms. The van der Waals surface area contributed by atoms with Crippen molar-refractivity contribution in [3.8, 4) is 0 Å². The van der Waals surface area contributed by atoms with Crippen molar-refractivity contribution in [1.82, 2.24) is 4.90 Å². The number of aliphatic hydroxyl groups is 1. The molecule has 4 heteroatoms. The predicted molar refractivity (Wildman–Crippen MR) is 86.3 cm³/mol. The highest BCUT2D eigenvalue weighted by Gasteiger charge is 2.11. The molecule has 2 rings (SSSR count). The molecule has 2 aromatic carbocycles. The van der Waals surface area contributed by atoms with Gasteiger partial charge in [-0.2, -0.15) is 0 Å². The maximum absolute atomic E-state index is 10.2. The van der Waals surface area contributed by atoms with Crippen molar-refractivity contribution in [2.45, 2.75) is 12.6 Å². The average Bonchev–Trinajstić information content (AvgIpc) is 2.41. The van der Waals surface area contributed by atoms with Gasteiger partial charge in [0.15, 0.2) is 0 Å². The molecule has 0 radical (unpaired) electrons. The highest BCUT2D eigenvalue weighted by Crippen LogP contribution is 2.18. The molecule has 0 saturated heterocycles. The first-order valence-electron chi connectivity index (χ1n) is 6.51. The van der Waals surface area contributed by atoms with Crippen molar-refractivity contribution < 1.29 is 5.11 Å². The summed E-state index contributed by atoms with van der Waals surface area (Å²) in [7, 11) is 2.00. The third-order valence-corrected chi connectivity index (χ3v) is 3.67.